The third-order valence-electron chi connectivity index (χ3n) is 4.76. The van der Waals surface area contributed by atoms with Crippen LogP contribution in [0.5, 0.6) is 0 Å². The number of guanidine groups is 1. The van der Waals surface area contributed by atoms with Crippen molar-refractivity contribution in [3.05, 3.63) is 5.82 Å². The van der Waals surface area contributed by atoms with E-state index in [2.05, 4.69) is 59.1 Å². The number of rotatable bonds is 9. The summed E-state index contributed by atoms with van der Waals surface area (Å²) in [6.07, 6.45) is 2.14. The fraction of sp³-hybridized carbons (Fsp3) is 0.842. The van der Waals surface area contributed by atoms with E-state index in [9.17, 15) is 0 Å². The molecule has 27 heavy (non-hydrogen) atoms. The number of ether oxygens (including phenoxy) is 1. The van der Waals surface area contributed by atoms with E-state index in [1.807, 2.05) is 0 Å². The smallest absolute Gasteiger partial charge is 0.205 e. The molecule has 1 atom stereocenters. The molecule has 0 bridgehead atoms. The topological polar surface area (TPSA) is 65.9 Å². The highest BCUT2D eigenvalue weighted by Gasteiger charge is 2.22. The fourth-order valence-corrected chi connectivity index (χ4v) is 3.97. The molecular weight excluding hydrogens is 360 g/mol. The Morgan fingerprint density at radius 2 is 1.96 bits per heavy atom. The standard InChI is InChI=1S/C19H36N6OS/c1-6-17-22-19(27-23-17)25-13-11-24(12-14-25)18(20-7-2)21-10-9-16(15(4)5)26-8-3/h15-16H,6-14H2,1-5H3,(H,20,21). The number of aliphatic imine (C=N–C) groups is 1. The lowest BCUT2D eigenvalue weighted by atomic mass is 10.0. The summed E-state index contributed by atoms with van der Waals surface area (Å²) in [5, 5.41) is 4.49. The van der Waals surface area contributed by atoms with Gasteiger partial charge in [0.25, 0.3) is 0 Å². The third kappa shape index (κ3) is 6.60. The molecule has 2 rings (SSSR count). The number of aromatic nitrogens is 2. The van der Waals surface area contributed by atoms with Gasteiger partial charge in [-0.05, 0) is 26.2 Å². The zero-order valence-electron chi connectivity index (χ0n) is 17.6. The minimum Gasteiger partial charge on any atom is -0.378 e. The molecule has 1 saturated heterocycles. The molecule has 1 fully saturated rings. The van der Waals surface area contributed by atoms with E-state index in [4.69, 9.17) is 9.73 Å². The van der Waals surface area contributed by atoms with Crippen LogP contribution in [-0.4, -0.2) is 72.2 Å². The van der Waals surface area contributed by atoms with E-state index in [0.717, 1.165) is 75.6 Å². The Morgan fingerprint density at radius 3 is 2.52 bits per heavy atom. The van der Waals surface area contributed by atoms with Crippen molar-refractivity contribution >= 4 is 22.6 Å². The van der Waals surface area contributed by atoms with Crippen molar-refractivity contribution in [2.24, 2.45) is 10.9 Å². The van der Waals surface area contributed by atoms with Crippen LogP contribution < -0.4 is 10.2 Å². The minimum absolute atomic E-state index is 0.281. The van der Waals surface area contributed by atoms with Crippen LogP contribution in [0.15, 0.2) is 4.99 Å². The van der Waals surface area contributed by atoms with Crippen LogP contribution in [-0.2, 0) is 11.2 Å². The average molecular weight is 397 g/mol. The number of nitrogens with one attached hydrogen (secondary N) is 1. The van der Waals surface area contributed by atoms with Crippen molar-refractivity contribution in [3.63, 3.8) is 0 Å². The molecule has 1 aliphatic heterocycles. The lowest BCUT2D eigenvalue weighted by Gasteiger charge is -2.36. The van der Waals surface area contributed by atoms with Gasteiger partial charge in [0.2, 0.25) is 5.13 Å². The quantitative estimate of drug-likeness (QED) is 0.511. The molecule has 1 unspecified atom stereocenters. The highest BCUT2D eigenvalue weighted by molar-refractivity contribution is 7.09. The number of piperazine rings is 1. The highest BCUT2D eigenvalue weighted by Crippen LogP contribution is 2.19. The van der Waals surface area contributed by atoms with Crippen LogP contribution in [0.4, 0.5) is 5.13 Å². The van der Waals surface area contributed by atoms with Gasteiger partial charge in [-0.2, -0.15) is 4.37 Å². The Bertz CT molecular complexity index is 568. The summed E-state index contributed by atoms with van der Waals surface area (Å²) < 4.78 is 10.3. The van der Waals surface area contributed by atoms with Gasteiger partial charge < -0.3 is 19.9 Å². The molecule has 0 aromatic carbocycles. The molecule has 8 heteroatoms. The van der Waals surface area contributed by atoms with E-state index in [-0.39, 0.29) is 6.10 Å². The second kappa shape index (κ2) is 11.4. The van der Waals surface area contributed by atoms with Crippen LogP contribution in [0.2, 0.25) is 0 Å². The summed E-state index contributed by atoms with van der Waals surface area (Å²) in [5.74, 6) is 2.48. The van der Waals surface area contributed by atoms with Crippen molar-refractivity contribution in [1.82, 2.24) is 19.6 Å². The Morgan fingerprint density at radius 1 is 1.22 bits per heavy atom. The van der Waals surface area contributed by atoms with Crippen molar-refractivity contribution in [2.45, 2.75) is 53.6 Å². The predicted octanol–water partition coefficient (Wildman–Crippen LogP) is 2.64. The molecule has 1 N–H and O–H groups in total. The molecule has 1 aliphatic rings. The van der Waals surface area contributed by atoms with Crippen LogP contribution in [0.3, 0.4) is 0 Å². The molecule has 0 spiro atoms. The summed E-state index contributed by atoms with van der Waals surface area (Å²) in [6.45, 7) is 17.0. The maximum atomic E-state index is 5.84. The Hall–Kier alpha value is -1.41. The van der Waals surface area contributed by atoms with Crippen molar-refractivity contribution in [1.29, 1.82) is 0 Å². The van der Waals surface area contributed by atoms with Crippen LogP contribution >= 0.6 is 11.5 Å². The maximum Gasteiger partial charge on any atom is 0.205 e. The Labute approximate surface area is 168 Å². The second-order valence-corrected chi connectivity index (χ2v) is 7.81. The number of hydrogen-bond acceptors (Lipinski definition) is 6. The van der Waals surface area contributed by atoms with Gasteiger partial charge in [-0.3, -0.25) is 4.99 Å². The SMILES string of the molecule is CCNC(=NCCC(OCC)C(C)C)N1CCN(c2nc(CC)ns2)CC1. The van der Waals surface area contributed by atoms with Crippen LogP contribution in [0, 0.1) is 5.92 Å². The first-order chi connectivity index (χ1) is 13.1. The average Bonchev–Trinajstić information content (AvgIpc) is 3.16. The predicted molar refractivity (Wildman–Crippen MR) is 114 cm³/mol. The number of hydrogen-bond donors (Lipinski definition) is 1. The Kier molecular flexibility index (Phi) is 9.27. The lowest BCUT2D eigenvalue weighted by Crippen LogP contribution is -2.52. The normalized spacial score (nSPS) is 16.9. The molecule has 1 aromatic rings. The van der Waals surface area contributed by atoms with Gasteiger partial charge in [-0.25, -0.2) is 4.98 Å². The van der Waals surface area contributed by atoms with Gasteiger partial charge in [-0.1, -0.05) is 20.8 Å². The first kappa shape index (κ1) is 21.9. The van der Waals surface area contributed by atoms with Gasteiger partial charge in [0.05, 0.1) is 6.10 Å². The maximum absolute atomic E-state index is 5.84. The molecule has 0 amide bonds. The summed E-state index contributed by atoms with van der Waals surface area (Å²) in [6, 6.07) is 0. The van der Waals surface area contributed by atoms with Gasteiger partial charge in [0, 0.05) is 63.8 Å². The zero-order valence-corrected chi connectivity index (χ0v) is 18.4. The lowest BCUT2D eigenvalue weighted by molar-refractivity contribution is 0.0266. The summed E-state index contributed by atoms with van der Waals surface area (Å²) in [7, 11) is 0. The summed E-state index contributed by atoms with van der Waals surface area (Å²) in [4.78, 5) is 14.2. The molecule has 0 saturated carbocycles. The van der Waals surface area contributed by atoms with E-state index < -0.39 is 0 Å². The zero-order chi connectivity index (χ0) is 19.6. The third-order valence-corrected chi connectivity index (χ3v) is 5.57. The van der Waals surface area contributed by atoms with Gasteiger partial charge >= 0.3 is 0 Å². The van der Waals surface area contributed by atoms with Gasteiger partial charge in [0.15, 0.2) is 5.96 Å². The molecule has 2 heterocycles. The first-order valence-electron chi connectivity index (χ1n) is 10.3. The molecule has 0 radical (unpaired) electrons. The van der Waals surface area contributed by atoms with Crippen molar-refractivity contribution < 1.29 is 4.74 Å². The van der Waals surface area contributed by atoms with Crippen molar-refractivity contribution in [3.8, 4) is 0 Å². The summed E-state index contributed by atoms with van der Waals surface area (Å²) >= 11 is 1.51. The molecule has 7 nitrogen and oxygen atoms in total. The van der Waals surface area contributed by atoms with E-state index in [1.54, 1.807) is 0 Å². The number of aryl methyl sites for hydroxylation is 1. The molecular formula is C19H36N6OS. The fourth-order valence-electron chi connectivity index (χ4n) is 3.17. The van der Waals surface area contributed by atoms with Crippen molar-refractivity contribution in [2.75, 3.05) is 50.8 Å². The van der Waals surface area contributed by atoms with E-state index in [1.165, 1.54) is 11.5 Å². The second-order valence-electron chi connectivity index (χ2n) is 7.08. The molecule has 1 aromatic heterocycles. The number of anilines is 1. The molecule has 0 aliphatic carbocycles. The molecule has 154 valence electrons. The van der Waals surface area contributed by atoms with Crippen LogP contribution in [0.25, 0.3) is 0 Å². The first-order valence-corrected chi connectivity index (χ1v) is 11.1. The Balaban J connectivity index is 1.89. The van der Waals surface area contributed by atoms with E-state index in [0.29, 0.717) is 5.92 Å². The summed E-state index contributed by atoms with van der Waals surface area (Å²) in [5.41, 5.74) is 0. The monoisotopic (exact) mass is 396 g/mol. The number of nitrogens with zero attached hydrogens (tertiary/aromatic N) is 5. The van der Waals surface area contributed by atoms with Gasteiger partial charge in [-0.15, -0.1) is 0 Å². The van der Waals surface area contributed by atoms with Crippen LogP contribution in [0.1, 0.15) is 46.9 Å². The van der Waals surface area contributed by atoms with Gasteiger partial charge in [0.1, 0.15) is 5.82 Å². The highest BCUT2D eigenvalue weighted by atomic mass is 32.1. The van der Waals surface area contributed by atoms with E-state index >= 15 is 0 Å². The minimum atomic E-state index is 0.281. The largest absolute Gasteiger partial charge is 0.378 e.